The lowest BCUT2D eigenvalue weighted by molar-refractivity contribution is -0.318. The first-order valence-electron chi connectivity index (χ1n) is 16.7. The monoisotopic (exact) mass is 790 g/mol. The van der Waals surface area contributed by atoms with Gasteiger partial charge in [-0.2, -0.15) is 0 Å². The maximum absolute atomic E-state index is 13.8. The predicted molar refractivity (Wildman–Crippen MR) is 185 cm³/mol. The molecule has 2 aliphatic rings. The second-order valence-corrected chi connectivity index (χ2v) is 12.9. The number of fused-ring (bicyclic) bond motifs is 1. The number of esters is 1. The van der Waals surface area contributed by atoms with Crippen molar-refractivity contribution in [2.45, 2.75) is 68.3 Å². The first kappa shape index (κ1) is 40.1. The van der Waals surface area contributed by atoms with Crippen LogP contribution in [0.2, 0.25) is 0 Å². The van der Waals surface area contributed by atoms with Crippen LogP contribution in [0.1, 0.15) is 17.3 Å². The van der Waals surface area contributed by atoms with Gasteiger partial charge in [0, 0.05) is 17.7 Å². The van der Waals surface area contributed by atoms with Crippen LogP contribution in [0.15, 0.2) is 51.7 Å². The Kier molecular flexibility index (Phi) is 11.4. The molecule has 0 spiro atoms. The van der Waals surface area contributed by atoms with Gasteiger partial charge in [0.15, 0.2) is 41.2 Å². The molecule has 0 saturated carbocycles. The second kappa shape index (κ2) is 15.9. The number of phenolic OH excluding ortho intramolecular Hbond substituents is 5. The molecule has 10 N–H and O–H groups in total. The number of aromatic hydroxyl groups is 5. The number of ether oxygens (including phenoxy) is 7. The summed E-state index contributed by atoms with van der Waals surface area (Å²) in [5.41, 5.74) is -1.68. The maximum atomic E-state index is 13.8. The van der Waals surface area contributed by atoms with E-state index in [0.717, 1.165) is 36.4 Å². The molecule has 2 fully saturated rings. The van der Waals surface area contributed by atoms with Crippen LogP contribution >= 0.6 is 0 Å². The lowest BCUT2D eigenvalue weighted by Gasteiger charge is -2.43. The molecule has 10 atom stereocenters. The summed E-state index contributed by atoms with van der Waals surface area (Å²) in [5.74, 6) is -5.36. The van der Waals surface area contributed by atoms with Crippen LogP contribution in [-0.4, -0.2) is 139 Å². The van der Waals surface area contributed by atoms with Crippen LogP contribution in [0.3, 0.4) is 0 Å². The highest BCUT2D eigenvalue weighted by Crippen LogP contribution is 2.40. The molecule has 2 saturated heterocycles. The van der Waals surface area contributed by atoms with Gasteiger partial charge in [-0.05, 0) is 37.3 Å². The molecule has 3 heterocycles. The topological polar surface area (TPSA) is 314 Å². The zero-order valence-corrected chi connectivity index (χ0v) is 29.6. The Labute approximate surface area is 315 Å². The third-order valence-electron chi connectivity index (χ3n) is 9.23. The standard InChI is InChI=1S/C36H38O20/c1-12-24(41)29(46)33(55-34(48)14-7-20(49-2)25(42)21(8-14)50-3)36(52-12)51-11-22-26(43)28(45)30(47)35(54-22)56-32-27(44)23-18(40)9-15(37)10-19(23)53-31(32)13-4-5-16(38)17(39)6-13/h4-10,12,22,24,26,28-30,33,35-43,45-47H,11H2,1-3H3/t12-,22+,24-,26+,28-,29+,30+,33+,35-,36+/m0/s1. The normalized spacial score (nSPS) is 27.8. The summed E-state index contributed by atoms with van der Waals surface area (Å²) in [6.07, 6.45) is -17.4. The fraction of sp³-hybridized carbons (Fsp3) is 0.389. The van der Waals surface area contributed by atoms with Crippen LogP contribution in [0.5, 0.6) is 46.0 Å². The average molecular weight is 791 g/mol. The fourth-order valence-electron chi connectivity index (χ4n) is 6.15. The predicted octanol–water partition coefficient (Wildman–Crippen LogP) is -0.0996. The molecule has 0 amide bonds. The molecule has 0 bridgehead atoms. The van der Waals surface area contributed by atoms with E-state index in [-0.39, 0.29) is 28.2 Å². The molecule has 6 rings (SSSR count). The van der Waals surface area contributed by atoms with Crippen molar-refractivity contribution in [3.05, 3.63) is 58.3 Å². The van der Waals surface area contributed by atoms with Gasteiger partial charge >= 0.3 is 5.97 Å². The van der Waals surface area contributed by atoms with Gasteiger partial charge in [-0.1, -0.05) is 0 Å². The Morgan fingerprint density at radius 2 is 1.43 bits per heavy atom. The first-order valence-corrected chi connectivity index (χ1v) is 16.7. The van der Waals surface area contributed by atoms with Crippen molar-refractivity contribution >= 4 is 16.9 Å². The van der Waals surface area contributed by atoms with Crippen molar-refractivity contribution < 1.29 is 93.4 Å². The van der Waals surface area contributed by atoms with Crippen LogP contribution < -0.4 is 19.6 Å². The number of carbonyl (C=O) groups is 1. The van der Waals surface area contributed by atoms with E-state index in [9.17, 15) is 60.7 Å². The summed E-state index contributed by atoms with van der Waals surface area (Å²) in [6, 6.07) is 7.39. The second-order valence-electron chi connectivity index (χ2n) is 12.9. The molecule has 20 nitrogen and oxygen atoms in total. The number of phenols is 5. The molecule has 3 aromatic carbocycles. The summed E-state index contributed by atoms with van der Waals surface area (Å²) < 4.78 is 44.4. The number of hydrogen-bond acceptors (Lipinski definition) is 20. The minimum absolute atomic E-state index is 0.0722. The van der Waals surface area contributed by atoms with E-state index in [1.165, 1.54) is 27.2 Å². The van der Waals surface area contributed by atoms with Crippen molar-refractivity contribution in [3.63, 3.8) is 0 Å². The molecular weight excluding hydrogens is 752 g/mol. The van der Waals surface area contributed by atoms with E-state index in [4.69, 9.17) is 37.6 Å². The molecular formula is C36H38O20. The molecule has 1 aromatic heterocycles. The quantitative estimate of drug-likeness (QED) is 0.0741. The van der Waals surface area contributed by atoms with E-state index in [1.54, 1.807) is 0 Å². The number of benzene rings is 3. The van der Waals surface area contributed by atoms with Gasteiger partial charge < -0.3 is 88.6 Å². The third-order valence-corrected chi connectivity index (χ3v) is 9.23. The molecule has 20 heteroatoms. The molecule has 56 heavy (non-hydrogen) atoms. The average Bonchev–Trinajstić information content (AvgIpc) is 3.16. The molecule has 0 aliphatic carbocycles. The Bertz CT molecular complexity index is 2130. The molecule has 0 unspecified atom stereocenters. The Hall–Kier alpha value is -5.58. The summed E-state index contributed by atoms with van der Waals surface area (Å²) in [4.78, 5) is 27.1. The minimum Gasteiger partial charge on any atom is -0.508 e. The van der Waals surface area contributed by atoms with Crippen molar-refractivity contribution in [1.29, 1.82) is 0 Å². The Morgan fingerprint density at radius 1 is 0.750 bits per heavy atom. The lowest BCUT2D eigenvalue weighted by Crippen LogP contribution is -2.62. The summed E-state index contributed by atoms with van der Waals surface area (Å²) in [6.45, 7) is 0.651. The zero-order chi connectivity index (χ0) is 40.7. The van der Waals surface area contributed by atoms with E-state index in [1.807, 2.05) is 0 Å². The van der Waals surface area contributed by atoms with Gasteiger partial charge in [-0.3, -0.25) is 4.79 Å². The number of carbonyl (C=O) groups excluding carboxylic acids is 1. The van der Waals surface area contributed by atoms with Crippen molar-refractivity contribution in [1.82, 2.24) is 0 Å². The van der Waals surface area contributed by atoms with Crippen LogP contribution in [0.4, 0.5) is 0 Å². The largest absolute Gasteiger partial charge is 0.508 e. The first-order chi connectivity index (χ1) is 26.5. The highest BCUT2D eigenvalue weighted by atomic mass is 16.7. The highest BCUT2D eigenvalue weighted by molar-refractivity contribution is 5.91. The van der Waals surface area contributed by atoms with Gasteiger partial charge in [0.2, 0.25) is 23.2 Å². The molecule has 302 valence electrons. The van der Waals surface area contributed by atoms with Crippen LogP contribution in [0.25, 0.3) is 22.3 Å². The van der Waals surface area contributed by atoms with Gasteiger partial charge in [0.05, 0.1) is 32.5 Å². The van der Waals surface area contributed by atoms with Crippen LogP contribution in [0, 0.1) is 0 Å². The summed E-state index contributed by atoms with van der Waals surface area (Å²) >= 11 is 0. The summed E-state index contributed by atoms with van der Waals surface area (Å²) in [5, 5.41) is 104. The van der Waals surface area contributed by atoms with Gasteiger partial charge in [0.25, 0.3) is 0 Å². The Morgan fingerprint density at radius 3 is 2.07 bits per heavy atom. The van der Waals surface area contributed by atoms with Gasteiger partial charge in [0.1, 0.15) is 59.1 Å². The van der Waals surface area contributed by atoms with Crippen molar-refractivity contribution in [2.24, 2.45) is 0 Å². The maximum Gasteiger partial charge on any atom is 0.338 e. The van der Waals surface area contributed by atoms with E-state index in [0.29, 0.717) is 0 Å². The number of hydrogen-bond donors (Lipinski definition) is 10. The number of aliphatic hydroxyl groups excluding tert-OH is 5. The van der Waals surface area contributed by atoms with Gasteiger partial charge in [-0.15, -0.1) is 0 Å². The number of rotatable bonds is 10. The highest BCUT2D eigenvalue weighted by Gasteiger charge is 2.49. The minimum atomic E-state index is -2.05. The van der Waals surface area contributed by atoms with E-state index >= 15 is 0 Å². The third kappa shape index (κ3) is 7.51. The molecule has 4 aromatic rings. The van der Waals surface area contributed by atoms with E-state index in [2.05, 4.69) is 0 Å². The number of aliphatic hydroxyl groups is 5. The summed E-state index contributed by atoms with van der Waals surface area (Å²) in [7, 11) is 2.46. The fourth-order valence-corrected chi connectivity index (χ4v) is 6.15. The smallest absolute Gasteiger partial charge is 0.338 e. The Balaban J connectivity index is 1.27. The number of methoxy groups -OCH3 is 2. The van der Waals surface area contributed by atoms with Crippen LogP contribution in [-0.2, 0) is 18.9 Å². The molecule has 0 radical (unpaired) electrons. The van der Waals surface area contributed by atoms with Crippen molar-refractivity contribution in [3.8, 4) is 57.3 Å². The molecule has 2 aliphatic heterocycles. The lowest BCUT2D eigenvalue weighted by atomic mass is 9.98. The van der Waals surface area contributed by atoms with Crippen molar-refractivity contribution in [2.75, 3.05) is 20.8 Å². The SMILES string of the molecule is COc1cc(C(=O)O[C@H]2[C@H](OC[C@H]3O[C@@H](Oc4c(-c5ccc(O)c(O)c5)oc5cc(O)cc(O)c5c4=O)[C@H](O)[C@@H](O)[C@@H]3O)O[C@@H](C)[C@H](O)[C@H]2O)cc(OC)c1O. The zero-order valence-electron chi connectivity index (χ0n) is 29.6. The van der Waals surface area contributed by atoms with Gasteiger partial charge in [-0.25, -0.2) is 4.79 Å². The van der Waals surface area contributed by atoms with E-state index < -0.39 is 125 Å².